The van der Waals surface area contributed by atoms with Gasteiger partial charge in [-0.05, 0) is 46.3 Å². The van der Waals surface area contributed by atoms with E-state index in [4.69, 9.17) is 28.6 Å². The standard InChI is InChI=1S/C16H22Cl2N5O/c1-15(2)8-13(16(3,4)23(15)24)22-14(20-9-19)21-12-6-10(17)5-11(18)7-12/h6-7,10,13,24H,5,8H2,1-4H3,(H,21,22)/q-1. The van der Waals surface area contributed by atoms with Gasteiger partial charge in [0.1, 0.15) is 5.96 Å². The van der Waals surface area contributed by atoms with Crippen molar-refractivity contribution >= 4 is 35.2 Å². The van der Waals surface area contributed by atoms with E-state index in [-0.39, 0.29) is 17.4 Å². The fraction of sp³-hybridized carbons (Fsp3) is 0.625. The predicted octanol–water partition coefficient (Wildman–Crippen LogP) is 3.71. The van der Waals surface area contributed by atoms with Crippen LogP contribution < -0.4 is 5.32 Å². The minimum absolute atomic E-state index is 0.180. The third-order valence-corrected chi connectivity index (χ3v) is 4.92. The van der Waals surface area contributed by atoms with Gasteiger partial charge in [0.25, 0.3) is 0 Å². The molecule has 2 N–H and O–H groups in total. The Labute approximate surface area is 152 Å². The van der Waals surface area contributed by atoms with Crippen molar-refractivity contribution < 1.29 is 5.21 Å². The van der Waals surface area contributed by atoms with Gasteiger partial charge >= 0.3 is 0 Å². The Balaban J connectivity index is 2.28. The fourth-order valence-electron chi connectivity index (χ4n) is 3.14. The van der Waals surface area contributed by atoms with Crippen LogP contribution in [0.15, 0.2) is 32.9 Å². The van der Waals surface area contributed by atoms with Crippen LogP contribution in [0, 0.1) is 0 Å². The van der Waals surface area contributed by atoms with Crippen LogP contribution in [0.3, 0.4) is 0 Å². The highest BCUT2D eigenvalue weighted by Crippen LogP contribution is 2.40. The zero-order valence-corrected chi connectivity index (χ0v) is 15.7. The van der Waals surface area contributed by atoms with Crippen LogP contribution in [0.4, 0.5) is 0 Å². The maximum atomic E-state index is 10.4. The molecule has 0 bridgehead atoms. The number of hydrogen-bond donors (Lipinski definition) is 2. The van der Waals surface area contributed by atoms with Crippen molar-refractivity contribution in [1.29, 1.82) is 0 Å². The van der Waals surface area contributed by atoms with Crippen molar-refractivity contribution in [2.45, 2.75) is 63.0 Å². The van der Waals surface area contributed by atoms with Crippen molar-refractivity contribution in [3.63, 3.8) is 0 Å². The molecule has 1 heterocycles. The quantitative estimate of drug-likeness (QED) is 0.441. The van der Waals surface area contributed by atoms with Crippen molar-refractivity contribution in [3.8, 4) is 0 Å². The lowest BCUT2D eigenvalue weighted by Gasteiger charge is -2.35. The first-order chi connectivity index (χ1) is 11.1. The van der Waals surface area contributed by atoms with E-state index in [1.165, 1.54) is 5.06 Å². The van der Waals surface area contributed by atoms with Gasteiger partial charge in [0.15, 0.2) is 0 Å². The zero-order valence-electron chi connectivity index (χ0n) is 14.2. The van der Waals surface area contributed by atoms with E-state index in [2.05, 4.69) is 15.3 Å². The van der Waals surface area contributed by atoms with Gasteiger partial charge in [-0.25, -0.2) is 0 Å². The third kappa shape index (κ3) is 4.08. The number of hydrogen-bond acceptors (Lipinski definition) is 3. The van der Waals surface area contributed by atoms with Crippen molar-refractivity contribution in [1.82, 2.24) is 10.4 Å². The molecule has 1 saturated heterocycles. The van der Waals surface area contributed by atoms with Crippen LogP contribution in [-0.4, -0.2) is 44.7 Å². The Kier molecular flexibility index (Phi) is 5.57. The lowest BCUT2D eigenvalue weighted by molar-refractivity contribution is -0.193. The number of aliphatic imine (C=N–C) groups is 2. The highest BCUT2D eigenvalue weighted by atomic mass is 35.5. The van der Waals surface area contributed by atoms with Crippen LogP contribution in [0.1, 0.15) is 40.5 Å². The fourth-order valence-corrected chi connectivity index (χ4v) is 3.81. The summed E-state index contributed by atoms with van der Waals surface area (Å²) in [6.07, 6.45) is 4.75. The Hall–Kier alpha value is -1.17. The summed E-state index contributed by atoms with van der Waals surface area (Å²) < 4.78 is 0. The Morgan fingerprint density at radius 3 is 2.62 bits per heavy atom. The summed E-state index contributed by atoms with van der Waals surface area (Å²) in [5, 5.41) is 24.1. The maximum absolute atomic E-state index is 10.4. The second kappa shape index (κ2) is 6.98. The van der Waals surface area contributed by atoms with Crippen molar-refractivity contribution in [2.24, 2.45) is 9.98 Å². The number of rotatable bonds is 2. The number of halogens is 2. The van der Waals surface area contributed by atoms with Gasteiger partial charge in [-0.15, -0.1) is 17.6 Å². The van der Waals surface area contributed by atoms with E-state index < -0.39 is 11.1 Å². The normalized spacial score (nSPS) is 29.5. The van der Waals surface area contributed by atoms with Gasteiger partial charge in [0, 0.05) is 22.7 Å². The summed E-state index contributed by atoms with van der Waals surface area (Å²) in [7, 11) is 0. The van der Waals surface area contributed by atoms with Crippen LogP contribution >= 0.6 is 23.2 Å². The highest BCUT2D eigenvalue weighted by molar-refractivity contribution is 6.31. The lowest BCUT2D eigenvalue weighted by Crippen LogP contribution is -2.48. The van der Waals surface area contributed by atoms with Crippen LogP contribution in [0.25, 0.3) is 5.41 Å². The van der Waals surface area contributed by atoms with E-state index >= 15 is 0 Å². The van der Waals surface area contributed by atoms with Crippen LogP contribution in [0.5, 0.6) is 0 Å². The Bertz CT molecular complexity index is 647. The van der Waals surface area contributed by atoms with E-state index in [0.29, 0.717) is 23.6 Å². The van der Waals surface area contributed by atoms with E-state index in [1.807, 2.05) is 27.7 Å². The molecule has 1 aliphatic carbocycles. The molecule has 0 aromatic rings. The molecule has 0 radical (unpaired) electrons. The minimum atomic E-state index is -0.579. The van der Waals surface area contributed by atoms with Gasteiger partial charge in [-0.3, -0.25) is 4.99 Å². The molecule has 2 rings (SSSR count). The molecule has 8 heteroatoms. The summed E-state index contributed by atoms with van der Waals surface area (Å²) in [6.45, 7) is 7.71. The molecule has 0 saturated carbocycles. The van der Waals surface area contributed by atoms with Crippen molar-refractivity contribution in [2.75, 3.05) is 0 Å². The molecule has 0 aromatic heterocycles. The number of hydroxylamine groups is 2. The maximum Gasteiger partial charge on any atom is 0.121 e. The number of alkyl halides is 1. The van der Waals surface area contributed by atoms with E-state index in [9.17, 15) is 5.21 Å². The minimum Gasteiger partial charge on any atom is -0.422 e. The molecule has 6 nitrogen and oxygen atoms in total. The predicted molar refractivity (Wildman–Crippen MR) is 97.8 cm³/mol. The topological polar surface area (TPSA) is 82.5 Å². The summed E-state index contributed by atoms with van der Waals surface area (Å²) in [4.78, 5) is 8.32. The molecule has 2 unspecified atom stereocenters. The molecule has 1 aliphatic heterocycles. The van der Waals surface area contributed by atoms with Crippen LogP contribution in [-0.2, 0) is 0 Å². The number of nitrogens with one attached hydrogen (secondary N) is 1. The number of allylic oxidation sites excluding steroid dienone is 3. The van der Waals surface area contributed by atoms with E-state index in [0.717, 1.165) is 0 Å². The molecule has 2 atom stereocenters. The Morgan fingerprint density at radius 1 is 1.46 bits per heavy atom. The summed E-state index contributed by atoms with van der Waals surface area (Å²) >= 11 is 12.2. The largest absolute Gasteiger partial charge is 0.422 e. The van der Waals surface area contributed by atoms with Gasteiger partial charge in [-0.2, -0.15) is 5.06 Å². The van der Waals surface area contributed by atoms with Gasteiger partial charge in [0.2, 0.25) is 0 Å². The molecule has 132 valence electrons. The first-order valence-electron chi connectivity index (χ1n) is 7.72. The second-order valence-corrected chi connectivity index (χ2v) is 8.27. The average molecular weight is 371 g/mol. The smallest absolute Gasteiger partial charge is 0.121 e. The first-order valence-corrected chi connectivity index (χ1v) is 8.53. The van der Waals surface area contributed by atoms with E-state index in [1.54, 1.807) is 18.2 Å². The monoisotopic (exact) mass is 370 g/mol. The Morgan fingerprint density at radius 2 is 2.12 bits per heavy atom. The van der Waals surface area contributed by atoms with Crippen LogP contribution in [0.2, 0.25) is 0 Å². The molecule has 0 amide bonds. The molecule has 1 fully saturated rings. The SMILES string of the molecule is CC1(C)CC(N=C(N=C=[N-])NC2=CC(Cl)CC(Cl)=C2)C(C)(C)N1O. The molecular formula is C16H22Cl2N5O-. The number of guanidine groups is 1. The molecule has 0 aromatic carbocycles. The first kappa shape index (κ1) is 19.2. The highest BCUT2D eigenvalue weighted by Gasteiger charge is 2.51. The molecular weight excluding hydrogens is 349 g/mol. The average Bonchev–Trinajstić information content (AvgIpc) is 2.58. The molecule has 24 heavy (non-hydrogen) atoms. The number of nitrogens with zero attached hydrogens (tertiary/aromatic N) is 4. The summed E-state index contributed by atoms with van der Waals surface area (Å²) in [6, 6.07) is 1.53. The summed E-state index contributed by atoms with van der Waals surface area (Å²) in [5.74, 6) is 0.180. The third-order valence-electron chi connectivity index (χ3n) is 4.38. The van der Waals surface area contributed by atoms with Gasteiger partial charge in [0.05, 0.1) is 17.0 Å². The summed E-state index contributed by atoms with van der Waals surface area (Å²) in [5.41, 5.74) is -0.339. The zero-order chi connectivity index (χ0) is 18.1. The molecule has 2 aliphatic rings. The van der Waals surface area contributed by atoms with Gasteiger partial charge < -0.3 is 20.9 Å². The second-order valence-electron chi connectivity index (χ2n) is 7.22. The molecule has 0 spiro atoms. The lowest BCUT2D eigenvalue weighted by atomic mass is 9.95. The van der Waals surface area contributed by atoms with Gasteiger partial charge in [-0.1, -0.05) is 11.6 Å². The van der Waals surface area contributed by atoms with Crippen molar-refractivity contribution in [3.05, 3.63) is 28.3 Å².